The third-order valence-corrected chi connectivity index (χ3v) is 6.60. The lowest BCUT2D eigenvalue weighted by Gasteiger charge is -2.17. The quantitative estimate of drug-likeness (QED) is 0.758. The van der Waals surface area contributed by atoms with Crippen LogP contribution in [0.1, 0.15) is 43.2 Å². The van der Waals surface area contributed by atoms with Gasteiger partial charge in [-0.1, -0.05) is 5.16 Å². The lowest BCUT2D eigenvalue weighted by atomic mass is 10.3. The molecule has 0 aliphatic heterocycles. The smallest absolute Gasteiger partial charge is 0.360 e. The molecule has 7 nitrogen and oxygen atoms in total. The Labute approximate surface area is 138 Å². The van der Waals surface area contributed by atoms with E-state index in [1.54, 1.807) is 33.1 Å². The Kier molecular flexibility index (Phi) is 4.90. The van der Waals surface area contributed by atoms with E-state index in [4.69, 9.17) is 9.26 Å². The van der Waals surface area contributed by atoms with Crippen molar-refractivity contribution in [2.24, 2.45) is 0 Å². The van der Waals surface area contributed by atoms with Crippen LogP contribution >= 0.6 is 11.3 Å². The van der Waals surface area contributed by atoms with Crippen LogP contribution in [0.25, 0.3) is 11.5 Å². The molecule has 2 aromatic heterocycles. The van der Waals surface area contributed by atoms with Gasteiger partial charge in [-0.3, -0.25) is 0 Å². The van der Waals surface area contributed by atoms with Crippen LogP contribution in [0, 0.1) is 0 Å². The summed E-state index contributed by atoms with van der Waals surface area (Å²) in [6.07, 6.45) is 0. The first-order chi connectivity index (χ1) is 10.6. The number of carbonyl (C=O) groups is 1. The summed E-state index contributed by atoms with van der Waals surface area (Å²) in [5, 5.41) is 5.76. The van der Waals surface area contributed by atoms with Crippen LogP contribution in [0.2, 0.25) is 0 Å². The molecular formula is C14H18N2O5S2. The molecule has 0 aliphatic carbocycles. The third-order valence-electron chi connectivity index (χ3n) is 3.05. The monoisotopic (exact) mass is 358 g/mol. The van der Waals surface area contributed by atoms with Crippen LogP contribution in [0.5, 0.6) is 0 Å². The number of carbonyl (C=O) groups excluding carboxylic acids is 1. The Morgan fingerprint density at radius 1 is 1.39 bits per heavy atom. The van der Waals surface area contributed by atoms with Crippen molar-refractivity contribution in [1.29, 1.82) is 0 Å². The Bertz CT molecular complexity index is 799. The summed E-state index contributed by atoms with van der Waals surface area (Å²) >= 11 is 1.22. The molecule has 0 radical (unpaired) electrons. The Balaban J connectivity index is 2.19. The molecule has 0 N–H and O–H groups in total. The molecule has 0 aliphatic rings. The summed E-state index contributed by atoms with van der Waals surface area (Å²) in [5.41, 5.74) is 0.496. The van der Waals surface area contributed by atoms with Gasteiger partial charge in [0.15, 0.2) is 21.3 Å². The van der Waals surface area contributed by atoms with Gasteiger partial charge in [0.25, 0.3) is 0 Å². The minimum absolute atomic E-state index is 0.0544. The average molecular weight is 358 g/mol. The first-order valence-electron chi connectivity index (χ1n) is 6.95. The fourth-order valence-corrected chi connectivity index (χ4v) is 3.69. The van der Waals surface area contributed by atoms with Gasteiger partial charge in [-0.15, -0.1) is 11.3 Å². The predicted molar refractivity (Wildman–Crippen MR) is 85.9 cm³/mol. The van der Waals surface area contributed by atoms with Gasteiger partial charge < -0.3 is 9.26 Å². The molecule has 0 saturated carbocycles. The molecule has 0 atom stereocenters. The molecule has 0 amide bonds. The molecule has 2 heterocycles. The summed E-state index contributed by atoms with van der Waals surface area (Å²) in [5.74, 6) is -0.419. The lowest BCUT2D eigenvalue weighted by Crippen LogP contribution is -2.29. The van der Waals surface area contributed by atoms with E-state index >= 15 is 0 Å². The second-order valence-electron chi connectivity index (χ2n) is 5.79. The van der Waals surface area contributed by atoms with Crippen LogP contribution in [0.15, 0.2) is 16.0 Å². The number of thiazole rings is 1. The van der Waals surface area contributed by atoms with Gasteiger partial charge in [-0.2, -0.15) is 0 Å². The van der Waals surface area contributed by atoms with Gasteiger partial charge >= 0.3 is 5.97 Å². The highest BCUT2D eigenvalue weighted by Gasteiger charge is 2.30. The zero-order valence-electron chi connectivity index (χ0n) is 13.3. The molecule has 0 bridgehead atoms. The molecule has 2 rings (SSSR count). The van der Waals surface area contributed by atoms with E-state index in [2.05, 4.69) is 10.1 Å². The first kappa shape index (κ1) is 17.6. The SMILES string of the molecule is CCOC(=O)c1cc(-c2csc(CS(=O)(=O)C(C)(C)C)n2)on1. The molecule has 0 aromatic carbocycles. The first-order valence-corrected chi connectivity index (χ1v) is 9.48. The van der Waals surface area contributed by atoms with E-state index in [-0.39, 0.29) is 18.1 Å². The molecule has 23 heavy (non-hydrogen) atoms. The van der Waals surface area contributed by atoms with E-state index in [0.717, 1.165) is 0 Å². The molecule has 0 unspecified atom stereocenters. The number of hydrogen-bond acceptors (Lipinski definition) is 8. The van der Waals surface area contributed by atoms with Gasteiger partial charge in [0.2, 0.25) is 0 Å². The molecular weight excluding hydrogens is 340 g/mol. The van der Waals surface area contributed by atoms with Crippen molar-refractivity contribution in [2.45, 2.75) is 38.2 Å². The van der Waals surface area contributed by atoms with E-state index < -0.39 is 20.6 Å². The maximum absolute atomic E-state index is 12.2. The van der Waals surface area contributed by atoms with Crippen LogP contribution in [-0.2, 0) is 20.3 Å². The minimum Gasteiger partial charge on any atom is -0.461 e. The number of nitrogens with zero attached hydrogens (tertiary/aromatic N) is 2. The molecule has 0 spiro atoms. The van der Waals surface area contributed by atoms with Gasteiger partial charge in [-0.05, 0) is 27.7 Å². The maximum Gasteiger partial charge on any atom is 0.360 e. The van der Waals surface area contributed by atoms with E-state index in [9.17, 15) is 13.2 Å². The minimum atomic E-state index is -3.31. The van der Waals surface area contributed by atoms with Crippen molar-refractivity contribution >= 4 is 27.1 Å². The van der Waals surface area contributed by atoms with E-state index in [1.165, 1.54) is 17.4 Å². The Hall–Kier alpha value is -1.74. The highest BCUT2D eigenvalue weighted by Crippen LogP contribution is 2.26. The van der Waals surface area contributed by atoms with Crippen molar-refractivity contribution in [1.82, 2.24) is 10.1 Å². The average Bonchev–Trinajstić information content (AvgIpc) is 3.05. The second kappa shape index (κ2) is 6.40. The number of rotatable bonds is 5. The van der Waals surface area contributed by atoms with Crippen LogP contribution in [-0.4, -0.2) is 35.9 Å². The van der Waals surface area contributed by atoms with Crippen molar-refractivity contribution in [3.63, 3.8) is 0 Å². The van der Waals surface area contributed by atoms with Crippen LogP contribution in [0.4, 0.5) is 0 Å². The summed E-state index contributed by atoms with van der Waals surface area (Å²) in [6, 6.07) is 1.43. The zero-order valence-corrected chi connectivity index (χ0v) is 15.0. The van der Waals surface area contributed by atoms with Gasteiger partial charge in [-0.25, -0.2) is 18.2 Å². The summed E-state index contributed by atoms with van der Waals surface area (Å²) < 4.78 is 33.5. The predicted octanol–water partition coefficient (Wildman–Crippen LogP) is 2.69. The van der Waals surface area contributed by atoms with Crippen molar-refractivity contribution < 1.29 is 22.5 Å². The third kappa shape index (κ3) is 3.97. The molecule has 9 heteroatoms. The Morgan fingerprint density at radius 2 is 2.09 bits per heavy atom. The van der Waals surface area contributed by atoms with Crippen molar-refractivity contribution in [3.05, 3.63) is 22.1 Å². The van der Waals surface area contributed by atoms with Gasteiger partial charge in [0.05, 0.1) is 11.4 Å². The summed E-state index contributed by atoms with van der Waals surface area (Å²) in [4.78, 5) is 15.8. The summed E-state index contributed by atoms with van der Waals surface area (Å²) in [7, 11) is -3.31. The standard InChI is InChI=1S/C14H18N2O5S2/c1-5-20-13(17)9-6-11(21-16-9)10-7-22-12(15-10)8-23(18,19)14(2,3)4/h6-7H,5,8H2,1-4H3. The number of aromatic nitrogens is 2. The highest BCUT2D eigenvalue weighted by atomic mass is 32.2. The van der Waals surface area contributed by atoms with Crippen molar-refractivity contribution in [2.75, 3.05) is 6.61 Å². The summed E-state index contributed by atoms with van der Waals surface area (Å²) in [6.45, 7) is 6.89. The fourth-order valence-electron chi connectivity index (χ4n) is 1.57. The lowest BCUT2D eigenvalue weighted by molar-refractivity contribution is 0.0514. The molecule has 0 fully saturated rings. The van der Waals surface area contributed by atoms with E-state index in [0.29, 0.717) is 16.5 Å². The largest absolute Gasteiger partial charge is 0.461 e. The normalized spacial score (nSPS) is 12.3. The van der Waals surface area contributed by atoms with Gasteiger partial charge in [0, 0.05) is 11.4 Å². The number of hydrogen-bond donors (Lipinski definition) is 0. The molecule has 0 saturated heterocycles. The Morgan fingerprint density at radius 3 is 2.70 bits per heavy atom. The fraction of sp³-hybridized carbons (Fsp3) is 0.500. The van der Waals surface area contributed by atoms with Crippen LogP contribution in [0.3, 0.4) is 0 Å². The maximum atomic E-state index is 12.2. The van der Waals surface area contributed by atoms with Gasteiger partial charge in [0.1, 0.15) is 16.5 Å². The topological polar surface area (TPSA) is 99.4 Å². The number of sulfone groups is 1. The van der Waals surface area contributed by atoms with Crippen LogP contribution < -0.4 is 0 Å². The van der Waals surface area contributed by atoms with E-state index in [1.807, 2.05) is 0 Å². The van der Waals surface area contributed by atoms with Crippen molar-refractivity contribution in [3.8, 4) is 11.5 Å². The number of ether oxygens (including phenoxy) is 1. The zero-order chi connectivity index (χ0) is 17.3. The molecule has 2 aromatic rings. The number of esters is 1. The molecule has 126 valence electrons. The highest BCUT2D eigenvalue weighted by molar-refractivity contribution is 7.92. The second-order valence-corrected chi connectivity index (χ2v) is 9.48.